The number of thiophene rings is 1. The highest BCUT2D eigenvalue weighted by atomic mass is 32.1. The van der Waals surface area contributed by atoms with Crippen molar-refractivity contribution in [1.29, 1.82) is 0 Å². The summed E-state index contributed by atoms with van der Waals surface area (Å²) in [6.07, 6.45) is 4.52. The summed E-state index contributed by atoms with van der Waals surface area (Å²) in [5.41, 5.74) is 1.11. The standard InChI is InChI=1S/C17H19NO5S/c1-7-8(2)24-15(11(7)17(22)23-3)18-14(19)12-9-4-5-10(6-9)13(12)16(20)21/h4-5,9-10,12-13H,6H2,1-3H3,(H,18,19)(H,20,21)/t9-,10-,12-,13-/m0/s1. The fraction of sp³-hybridized carbons (Fsp3) is 0.471. The van der Waals surface area contributed by atoms with Crippen molar-refractivity contribution in [3.05, 3.63) is 28.2 Å². The van der Waals surface area contributed by atoms with Crippen LogP contribution in [-0.2, 0) is 14.3 Å². The molecule has 1 heterocycles. The van der Waals surface area contributed by atoms with Crippen molar-refractivity contribution in [1.82, 2.24) is 0 Å². The lowest BCUT2D eigenvalue weighted by Crippen LogP contribution is -2.36. The van der Waals surface area contributed by atoms with Gasteiger partial charge in [0.25, 0.3) is 0 Å². The number of hydrogen-bond donors (Lipinski definition) is 2. The van der Waals surface area contributed by atoms with Crippen LogP contribution in [0.4, 0.5) is 5.00 Å². The van der Waals surface area contributed by atoms with Gasteiger partial charge in [0.2, 0.25) is 5.91 Å². The Morgan fingerprint density at radius 1 is 1.21 bits per heavy atom. The molecule has 6 nitrogen and oxygen atoms in total. The molecular weight excluding hydrogens is 330 g/mol. The largest absolute Gasteiger partial charge is 0.481 e. The van der Waals surface area contributed by atoms with Crippen molar-refractivity contribution in [2.24, 2.45) is 23.7 Å². The number of fused-ring (bicyclic) bond motifs is 2. The number of rotatable bonds is 4. The van der Waals surface area contributed by atoms with Gasteiger partial charge in [-0.1, -0.05) is 12.2 Å². The number of carboxylic acid groups (broad SMARTS) is 1. The number of carboxylic acids is 1. The topological polar surface area (TPSA) is 92.7 Å². The first-order valence-electron chi connectivity index (χ1n) is 7.75. The van der Waals surface area contributed by atoms with Gasteiger partial charge < -0.3 is 15.2 Å². The van der Waals surface area contributed by atoms with Gasteiger partial charge in [-0.2, -0.15) is 0 Å². The summed E-state index contributed by atoms with van der Waals surface area (Å²) in [5, 5.41) is 12.7. The maximum atomic E-state index is 12.7. The zero-order valence-electron chi connectivity index (χ0n) is 13.7. The van der Waals surface area contributed by atoms with Crippen LogP contribution < -0.4 is 5.32 Å². The molecule has 4 atom stereocenters. The van der Waals surface area contributed by atoms with Crippen molar-refractivity contribution in [2.75, 3.05) is 12.4 Å². The number of nitrogens with one attached hydrogen (secondary N) is 1. The number of aliphatic carboxylic acids is 1. The Morgan fingerprint density at radius 2 is 1.83 bits per heavy atom. The molecule has 0 spiro atoms. The van der Waals surface area contributed by atoms with E-state index in [4.69, 9.17) is 4.74 Å². The van der Waals surface area contributed by atoms with Crippen LogP contribution in [0.2, 0.25) is 0 Å². The second-order valence-corrected chi connectivity index (χ2v) is 7.53. The van der Waals surface area contributed by atoms with Crippen LogP contribution in [0.15, 0.2) is 12.2 Å². The number of esters is 1. The second-order valence-electron chi connectivity index (χ2n) is 6.31. The third-order valence-electron chi connectivity index (χ3n) is 5.06. The van der Waals surface area contributed by atoms with Crippen LogP contribution >= 0.6 is 11.3 Å². The summed E-state index contributed by atoms with van der Waals surface area (Å²) in [6, 6.07) is 0. The van der Waals surface area contributed by atoms with E-state index in [0.29, 0.717) is 17.0 Å². The van der Waals surface area contributed by atoms with Gasteiger partial charge in [0.15, 0.2) is 0 Å². The fourth-order valence-corrected chi connectivity index (χ4v) is 4.83. The summed E-state index contributed by atoms with van der Waals surface area (Å²) in [5.74, 6) is -3.25. The van der Waals surface area contributed by atoms with E-state index in [-0.39, 0.29) is 17.7 Å². The molecule has 7 heteroatoms. The van der Waals surface area contributed by atoms with Gasteiger partial charge in [0.1, 0.15) is 5.00 Å². The lowest BCUT2D eigenvalue weighted by molar-refractivity contribution is -0.146. The molecule has 2 N–H and O–H groups in total. The maximum Gasteiger partial charge on any atom is 0.341 e. The molecule has 0 aromatic carbocycles. The number of carbonyl (C=O) groups is 3. The fourth-order valence-electron chi connectivity index (χ4n) is 3.77. The Hall–Kier alpha value is -2.15. The van der Waals surface area contributed by atoms with Gasteiger partial charge in [0.05, 0.1) is 24.5 Å². The first-order chi connectivity index (χ1) is 11.3. The molecule has 2 bridgehead atoms. The second kappa shape index (κ2) is 6.05. The zero-order valence-corrected chi connectivity index (χ0v) is 14.5. The average molecular weight is 349 g/mol. The van der Waals surface area contributed by atoms with Crippen LogP contribution in [0, 0.1) is 37.5 Å². The Labute approximate surface area is 143 Å². The van der Waals surface area contributed by atoms with E-state index in [9.17, 15) is 19.5 Å². The van der Waals surface area contributed by atoms with Gasteiger partial charge in [-0.25, -0.2) is 4.79 Å². The molecule has 1 fully saturated rings. The highest BCUT2D eigenvalue weighted by molar-refractivity contribution is 7.16. The highest BCUT2D eigenvalue weighted by Crippen LogP contribution is 2.48. The van der Waals surface area contributed by atoms with Gasteiger partial charge >= 0.3 is 11.9 Å². The van der Waals surface area contributed by atoms with E-state index in [1.165, 1.54) is 18.4 Å². The van der Waals surface area contributed by atoms with Crippen molar-refractivity contribution in [3.8, 4) is 0 Å². The van der Waals surface area contributed by atoms with Crippen LogP contribution in [0.25, 0.3) is 0 Å². The summed E-state index contributed by atoms with van der Waals surface area (Å²) in [4.78, 5) is 37.2. The van der Waals surface area contributed by atoms with Crippen molar-refractivity contribution < 1.29 is 24.2 Å². The number of hydrogen-bond acceptors (Lipinski definition) is 5. The number of ether oxygens (including phenoxy) is 1. The van der Waals surface area contributed by atoms with E-state index in [2.05, 4.69) is 5.32 Å². The molecular formula is C17H19NO5S. The van der Waals surface area contributed by atoms with Crippen molar-refractivity contribution >= 4 is 34.2 Å². The number of carbonyl (C=O) groups excluding carboxylic acids is 2. The molecule has 0 saturated heterocycles. The first-order valence-corrected chi connectivity index (χ1v) is 8.57. The zero-order chi connectivity index (χ0) is 17.6. The summed E-state index contributed by atoms with van der Waals surface area (Å²) < 4.78 is 4.80. The summed E-state index contributed by atoms with van der Waals surface area (Å²) in [7, 11) is 1.29. The molecule has 1 aromatic rings. The normalized spacial score (nSPS) is 27.3. The Kier molecular flexibility index (Phi) is 4.21. The average Bonchev–Trinajstić information content (AvgIpc) is 3.21. The number of aryl methyl sites for hydroxylation is 1. The number of anilines is 1. The SMILES string of the molecule is COC(=O)c1c(NC(=O)[C@@H]2[C@@H](C(=O)O)[C@H]3C=C[C@H]2C3)sc(C)c1C. The smallest absolute Gasteiger partial charge is 0.341 e. The molecule has 128 valence electrons. The van der Waals surface area contributed by atoms with Gasteiger partial charge in [-0.05, 0) is 37.7 Å². The van der Waals surface area contributed by atoms with E-state index >= 15 is 0 Å². The molecule has 3 rings (SSSR count). The molecule has 24 heavy (non-hydrogen) atoms. The minimum absolute atomic E-state index is 0.0557. The lowest BCUT2D eigenvalue weighted by atomic mass is 9.82. The molecule has 1 aromatic heterocycles. The monoisotopic (exact) mass is 349 g/mol. The van der Waals surface area contributed by atoms with Crippen LogP contribution in [0.5, 0.6) is 0 Å². The summed E-state index contributed by atoms with van der Waals surface area (Å²) in [6.45, 7) is 3.66. The molecule has 0 unspecified atom stereocenters. The lowest BCUT2D eigenvalue weighted by Gasteiger charge is -2.23. The van der Waals surface area contributed by atoms with Crippen LogP contribution in [-0.4, -0.2) is 30.1 Å². The predicted octanol–water partition coefficient (Wildman–Crippen LogP) is 2.61. The minimum atomic E-state index is -0.946. The van der Waals surface area contributed by atoms with E-state index in [1.807, 2.05) is 19.1 Å². The van der Waals surface area contributed by atoms with E-state index in [1.54, 1.807) is 6.92 Å². The molecule has 1 amide bonds. The third kappa shape index (κ3) is 2.53. The van der Waals surface area contributed by atoms with Gasteiger partial charge in [-0.3, -0.25) is 9.59 Å². The quantitative estimate of drug-likeness (QED) is 0.644. The Bertz CT molecular complexity index is 750. The van der Waals surface area contributed by atoms with E-state index < -0.39 is 23.8 Å². The van der Waals surface area contributed by atoms with Crippen LogP contribution in [0.1, 0.15) is 27.2 Å². The third-order valence-corrected chi connectivity index (χ3v) is 6.18. The molecule has 0 aliphatic heterocycles. The van der Waals surface area contributed by atoms with E-state index in [0.717, 1.165) is 10.4 Å². The van der Waals surface area contributed by atoms with Gasteiger partial charge in [0, 0.05) is 4.88 Å². The van der Waals surface area contributed by atoms with Gasteiger partial charge in [-0.15, -0.1) is 11.3 Å². The first kappa shape index (κ1) is 16.7. The Morgan fingerprint density at radius 3 is 2.42 bits per heavy atom. The number of allylic oxidation sites excluding steroid dienone is 2. The van der Waals surface area contributed by atoms with Crippen molar-refractivity contribution in [3.63, 3.8) is 0 Å². The maximum absolute atomic E-state index is 12.7. The molecule has 2 aliphatic carbocycles. The minimum Gasteiger partial charge on any atom is -0.481 e. The molecule has 2 aliphatic rings. The van der Waals surface area contributed by atoms with Crippen molar-refractivity contribution in [2.45, 2.75) is 20.3 Å². The number of methoxy groups -OCH3 is 1. The highest BCUT2D eigenvalue weighted by Gasteiger charge is 2.51. The Balaban J connectivity index is 1.88. The molecule has 0 radical (unpaired) electrons. The predicted molar refractivity (Wildman–Crippen MR) is 89.1 cm³/mol. The number of amides is 1. The van der Waals surface area contributed by atoms with Crippen LogP contribution in [0.3, 0.4) is 0 Å². The molecule has 1 saturated carbocycles. The summed E-state index contributed by atoms with van der Waals surface area (Å²) >= 11 is 1.30.